The highest BCUT2D eigenvalue weighted by Gasteiger charge is 2.19. The maximum Gasteiger partial charge on any atom is 0.354 e. The van der Waals surface area contributed by atoms with Crippen LogP contribution in [0.15, 0.2) is 18.3 Å². The molecule has 1 heterocycles. The van der Waals surface area contributed by atoms with E-state index < -0.39 is 5.97 Å². The predicted molar refractivity (Wildman–Crippen MR) is 63.0 cm³/mol. The molecule has 1 aromatic rings. The highest BCUT2D eigenvalue weighted by molar-refractivity contribution is 5.95. The molecule has 0 aliphatic rings. The fraction of sp³-hybridized carbons (Fsp3) is 0.417. The lowest BCUT2D eigenvalue weighted by atomic mass is 10.0. The van der Waals surface area contributed by atoms with Crippen molar-refractivity contribution >= 4 is 11.9 Å². The second kappa shape index (κ2) is 4.95. The van der Waals surface area contributed by atoms with Crippen LogP contribution < -0.4 is 5.32 Å². The molecule has 0 atom stereocenters. The molecule has 0 spiro atoms. The predicted octanol–water partition coefficient (Wildman–Crippen LogP) is 1.70. The van der Waals surface area contributed by atoms with E-state index in [1.165, 1.54) is 18.3 Å². The lowest BCUT2D eigenvalue weighted by Gasteiger charge is -2.24. The van der Waals surface area contributed by atoms with Crippen LogP contribution in [0.25, 0.3) is 0 Å². The SMILES string of the molecule is CCC(C)(C)NC(=O)c1ccc(C(=O)O)nc1. The average molecular weight is 236 g/mol. The minimum Gasteiger partial charge on any atom is -0.477 e. The van der Waals surface area contributed by atoms with Gasteiger partial charge in [-0.05, 0) is 32.4 Å². The van der Waals surface area contributed by atoms with Crippen LogP contribution in [0.1, 0.15) is 48.0 Å². The molecule has 1 aromatic heterocycles. The molecule has 0 fully saturated rings. The van der Waals surface area contributed by atoms with Gasteiger partial charge in [0, 0.05) is 11.7 Å². The smallest absolute Gasteiger partial charge is 0.354 e. The maximum absolute atomic E-state index is 11.8. The number of pyridine rings is 1. The summed E-state index contributed by atoms with van der Waals surface area (Å²) in [4.78, 5) is 26.1. The number of carboxylic acid groups (broad SMARTS) is 1. The van der Waals surface area contributed by atoms with E-state index in [0.29, 0.717) is 5.56 Å². The molecule has 0 aliphatic carbocycles. The van der Waals surface area contributed by atoms with Crippen molar-refractivity contribution in [1.29, 1.82) is 0 Å². The fourth-order valence-corrected chi connectivity index (χ4v) is 1.12. The third-order valence-corrected chi connectivity index (χ3v) is 2.58. The van der Waals surface area contributed by atoms with Gasteiger partial charge in [0.25, 0.3) is 5.91 Å². The second-order valence-corrected chi connectivity index (χ2v) is 4.43. The molecule has 92 valence electrons. The number of amides is 1. The molecule has 0 unspecified atom stereocenters. The molecule has 1 amide bonds. The minimum atomic E-state index is -1.11. The third-order valence-electron chi connectivity index (χ3n) is 2.58. The largest absolute Gasteiger partial charge is 0.477 e. The van der Waals surface area contributed by atoms with Crippen molar-refractivity contribution in [3.63, 3.8) is 0 Å². The van der Waals surface area contributed by atoms with Crippen LogP contribution >= 0.6 is 0 Å². The Bertz CT molecular complexity index is 424. The van der Waals surface area contributed by atoms with Gasteiger partial charge in [-0.15, -0.1) is 0 Å². The van der Waals surface area contributed by atoms with Crippen molar-refractivity contribution in [3.05, 3.63) is 29.6 Å². The lowest BCUT2D eigenvalue weighted by Crippen LogP contribution is -2.42. The number of aromatic nitrogens is 1. The van der Waals surface area contributed by atoms with Gasteiger partial charge in [-0.1, -0.05) is 6.92 Å². The molecule has 0 aliphatic heterocycles. The third kappa shape index (κ3) is 3.55. The van der Waals surface area contributed by atoms with E-state index in [1.54, 1.807) is 0 Å². The Morgan fingerprint density at radius 2 is 2.06 bits per heavy atom. The Labute approximate surface area is 99.9 Å². The molecule has 0 bridgehead atoms. The van der Waals surface area contributed by atoms with Crippen molar-refractivity contribution < 1.29 is 14.7 Å². The zero-order valence-corrected chi connectivity index (χ0v) is 10.2. The Balaban J connectivity index is 2.80. The van der Waals surface area contributed by atoms with E-state index in [1.807, 2.05) is 20.8 Å². The summed E-state index contributed by atoms with van der Waals surface area (Å²) >= 11 is 0. The average Bonchev–Trinajstić information content (AvgIpc) is 2.28. The van der Waals surface area contributed by atoms with Crippen LogP contribution in [0.3, 0.4) is 0 Å². The summed E-state index contributed by atoms with van der Waals surface area (Å²) in [5.74, 6) is -1.35. The molecule has 0 saturated heterocycles. The first-order valence-electron chi connectivity index (χ1n) is 5.37. The van der Waals surface area contributed by atoms with Crippen LogP contribution in [0.5, 0.6) is 0 Å². The standard InChI is InChI=1S/C12H16N2O3/c1-4-12(2,3)14-10(15)8-5-6-9(11(16)17)13-7-8/h5-7H,4H2,1-3H3,(H,14,15)(H,16,17). The maximum atomic E-state index is 11.8. The monoisotopic (exact) mass is 236 g/mol. The number of aromatic carboxylic acids is 1. The van der Waals surface area contributed by atoms with Gasteiger partial charge >= 0.3 is 5.97 Å². The molecule has 17 heavy (non-hydrogen) atoms. The van der Waals surface area contributed by atoms with E-state index in [9.17, 15) is 9.59 Å². The molecule has 0 aromatic carbocycles. The molecule has 2 N–H and O–H groups in total. The number of hydrogen-bond acceptors (Lipinski definition) is 3. The number of nitrogens with one attached hydrogen (secondary N) is 1. The zero-order valence-electron chi connectivity index (χ0n) is 10.2. The summed E-state index contributed by atoms with van der Waals surface area (Å²) in [5.41, 5.74) is -0.00411. The number of carbonyl (C=O) groups excluding carboxylic acids is 1. The van der Waals surface area contributed by atoms with Crippen LogP contribution in [0.4, 0.5) is 0 Å². The van der Waals surface area contributed by atoms with Crippen molar-refractivity contribution in [2.24, 2.45) is 0 Å². The summed E-state index contributed by atoms with van der Waals surface area (Å²) in [6, 6.07) is 2.77. The molecule has 5 heteroatoms. The molecular weight excluding hydrogens is 220 g/mol. The van der Waals surface area contributed by atoms with Crippen LogP contribution in [-0.4, -0.2) is 27.5 Å². The number of rotatable bonds is 4. The number of hydrogen-bond donors (Lipinski definition) is 2. The number of carbonyl (C=O) groups is 2. The number of nitrogens with zero attached hydrogens (tertiary/aromatic N) is 1. The Hall–Kier alpha value is -1.91. The quantitative estimate of drug-likeness (QED) is 0.833. The van der Waals surface area contributed by atoms with Crippen molar-refractivity contribution in [2.45, 2.75) is 32.7 Å². The van der Waals surface area contributed by atoms with Gasteiger partial charge in [-0.2, -0.15) is 0 Å². The Kier molecular flexibility index (Phi) is 3.83. The van der Waals surface area contributed by atoms with E-state index in [4.69, 9.17) is 5.11 Å². The van der Waals surface area contributed by atoms with Gasteiger partial charge in [0.05, 0.1) is 5.56 Å². The Morgan fingerprint density at radius 1 is 1.41 bits per heavy atom. The van der Waals surface area contributed by atoms with Crippen LogP contribution in [0.2, 0.25) is 0 Å². The van der Waals surface area contributed by atoms with Crippen LogP contribution in [-0.2, 0) is 0 Å². The highest BCUT2D eigenvalue weighted by Crippen LogP contribution is 2.09. The van der Waals surface area contributed by atoms with Gasteiger partial charge in [0.2, 0.25) is 0 Å². The van der Waals surface area contributed by atoms with E-state index in [2.05, 4.69) is 10.3 Å². The first kappa shape index (κ1) is 13.2. The van der Waals surface area contributed by atoms with Crippen molar-refractivity contribution in [1.82, 2.24) is 10.3 Å². The highest BCUT2D eigenvalue weighted by atomic mass is 16.4. The lowest BCUT2D eigenvalue weighted by molar-refractivity contribution is 0.0689. The minimum absolute atomic E-state index is 0.0729. The fourth-order valence-electron chi connectivity index (χ4n) is 1.12. The van der Waals surface area contributed by atoms with Gasteiger partial charge in [0.1, 0.15) is 5.69 Å². The van der Waals surface area contributed by atoms with E-state index >= 15 is 0 Å². The summed E-state index contributed by atoms with van der Waals surface area (Å²) in [6.45, 7) is 5.82. The van der Waals surface area contributed by atoms with Gasteiger partial charge in [-0.25, -0.2) is 9.78 Å². The van der Waals surface area contributed by atoms with Crippen molar-refractivity contribution in [2.75, 3.05) is 0 Å². The first-order chi connectivity index (χ1) is 7.85. The zero-order chi connectivity index (χ0) is 13.1. The molecular formula is C12H16N2O3. The van der Waals surface area contributed by atoms with Gasteiger partial charge in [-0.3, -0.25) is 4.79 Å². The Morgan fingerprint density at radius 3 is 2.47 bits per heavy atom. The topological polar surface area (TPSA) is 79.3 Å². The second-order valence-electron chi connectivity index (χ2n) is 4.43. The summed E-state index contributed by atoms with van der Waals surface area (Å²) in [6.07, 6.45) is 2.07. The van der Waals surface area contributed by atoms with E-state index in [-0.39, 0.29) is 17.1 Å². The molecule has 1 rings (SSSR count). The van der Waals surface area contributed by atoms with Gasteiger partial charge < -0.3 is 10.4 Å². The summed E-state index contributed by atoms with van der Waals surface area (Å²) in [7, 11) is 0. The summed E-state index contributed by atoms with van der Waals surface area (Å²) in [5, 5.41) is 11.5. The number of carboxylic acids is 1. The van der Waals surface area contributed by atoms with Crippen LogP contribution in [0, 0.1) is 0 Å². The molecule has 0 saturated carbocycles. The summed E-state index contributed by atoms with van der Waals surface area (Å²) < 4.78 is 0. The van der Waals surface area contributed by atoms with Gasteiger partial charge in [0.15, 0.2) is 0 Å². The van der Waals surface area contributed by atoms with E-state index in [0.717, 1.165) is 6.42 Å². The normalized spacial score (nSPS) is 11.0. The molecule has 5 nitrogen and oxygen atoms in total. The first-order valence-corrected chi connectivity index (χ1v) is 5.37. The van der Waals surface area contributed by atoms with Crippen molar-refractivity contribution in [3.8, 4) is 0 Å². The molecule has 0 radical (unpaired) electrons.